The van der Waals surface area contributed by atoms with Gasteiger partial charge >= 0.3 is 15.7 Å². The Hall–Kier alpha value is 0.0800. The van der Waals surface area contributed by atoms with Crippen molar-refractivity contribution < 1.29 is 45.8 Å². The van der Waals surface area contributed by atoms with Crippen LogP contribution in [0.25, 0.3) is 0 Å². The van der Waals surface area contributed by atoms with Crippen LogP contribution < -0.4 is 0 Å². The van der Waals surface area contributed by atoms with E-state index in [9.17, 15) is 13.3 Å². The molecule has 0 saturated carbocycles. The van der Waals surface area contributed by atoms with Crippen molar-refractivity contribution in [3.63, 3.8) is 0 Å². The highest BCUT2D eigenvalue weighted by molar-refractivity contribution is 7.48. The first-order chi connectivity index (χ1) is 12.1. The largest absolute Gasteiger partial charge is 0.513 e. The Kier molecular flexibility index (Phi) is 24.2. The molecule has 0 aromatic heterocycles. The van der Waals surface area contributed by atoms with Crippen molar-refractivity contribution in [2.24, 2.45) is 0 Å². The lowest BCUT2D eigenvalue weighted by Crippen LogP contribution is -2.09. The number of aliphatic hydroxyl groups excluding tert-OH is 1. The lowest BCUT2D eigenvalue weighted by Gasteiger charge is -2.20. The van der Waals surface area contributed by atoms with Crippen LogP contribution in [-0.4, -0.2) is 42.7 Å². The summed E-state index contributed by atoms with van der Waals surface area (Å²) in [6.45, 7) is 17.5. The minimum Gasteiger partial charge on any atom is -0.397 e. The molecule has 8 nitrogen and oxygen atoms in total. The van der Waals surface area contributed by atoms with Crippen LogP contribution >= 0.6 is 15.7 Å². The maximum atomic E-state index is 12.7. The molecule has 0 saturated heterocycles. The van der Waals surface area contributed by atoms with Crippen molar-refractivity contribution in [1.82, 2.24) is 0 Å². The highest BCUT2D eigenvalue weighted by atomic mass is 31.2. The molecule has 0 fully saturated rings. The molecular weight excluding hydrogens is 420 g/mol. The lowest BCUT2D eigenvalue weighted by atomic mass is 10.5. The van der Waals surface area contributed by atoms with Crippen LogP contribution in [0.1, 0.15) is 69.2 Å². The Morgan fingerprint density at radius 1 is 0.750 bits per heavy atom. The standard InChI is InChI=1S/C8H19O4P.C6H14FO3P.C2H6O.FH/c1-6-10-13(9,11-7(2)3)12-8(4)5;1-5(2)9-11(7,8)10-6(3)4;1-2-3;/h7-8H,6H2,1-5H3;5-6H,1-4H3;3H,2H2,1H3;1H. The van der Waals surface area contributed by atoms with Gasteiger partial charge in [0.05, 0.1) is 31.0 Å². The molecule has 176 valence electrons. The number of phosphoric acid groups is 1. The molecule has 0 aromatic rings. The van der Waals surface area contributed by atoms with Gasteiger partial charge in [0.15, 0.2) is 0 Å². The Morgan fingerprint density at radius 3 is 1.18 bits per heavy atom. The first-order valence-electron chi connectivity index (χ1n) is 9.03. The molecule has 0 aliphatic heterocycles. The number of aliphatic hydroxyl groups is 1. The van der Waals surface area contributed by atoms with Gasteiger partial charge in [-0.2, -0.15) is 0 Å². The van der Waals surface area contributed by atoms with E-state index >= 15 is 0 Å². The second-order valence-electron chi connectivity index (χ2n) is 6.23. The number of phosphoric ester groups is 1. The minimum absolute atomic E-state index is 0. The van der Waals surface area contributed by atoms with E-state index in [1.807, 2.05) is 0 Å². The summed E-state index contributed by atoms with van der Waals surface area (Å²) in [7, 11) is -7.64. The topological polar surface area (TPSA) is 101 Å². The zero-order chi connectivity index (χ0) is 22.3. The van der Waals surface area contributed by atoms with Crippen LogP contribution in [0.3, 0.4) is 0 Å². The Bertz CT molecular complexity index is 407. The molecule has 0 aliphatic carbocycles. The summed E-state index contributed by atoms with van der Waals surface area (Å²) in [6, 6.07) is 0. The van der Waals surface area contributed by atoms with E-state index in [4.69, 9.17) is 18.7 Å². The van der Waals surface area contributed by atoms with E-state index in [0.29, 0.717) is 6.61 Å². The quantitative estimate of drug-likeness (QED) is 0.394. The van der Waals surface area contributed by atoms with Gasteiger partial charge in [-0.25, -0.2) is 9.13 Å². The van der Waals surface area contributed by atoms with Crippen molar-refractivity contribution in [2.45, 2.75) is 93.7 Å². The van der Waals surface area contributed by atoms with Gasteiger partial charge in [-0.15, -0.1) is 4.20 Å². The third kappa shape index (κ3) is 28.3. The summed E-state index contributed by atoms with van der Waals surface area (Å²) >= 11 is 0. The molecule has 0 amide bonds. The molecule has 0 aromatic carbocycles. The van der Waals surface area contributed by atoms with E-state index in [-0.39, 0.29) is 23.5 Å². The normalized spacial score (nSPS) is 11.7. The van der Waals surface area contributed by atoms with E-state index in [1.165, 1.54) is 0 Å². The fourth-order valence-corrected chi connectivity index (χ4v) is 3.87. The second kappa shape index (κ2) is 19.1. The molecule has 0 unspecified atom stereocenters. The highest BCUT2D eigenvalue weighted by Gasteiger charge is 2.28. The average Bonchev–Trinajstić information content (AvgIpc) is 2.34. The molecule has 0 radical (unpaired) electrons. The zero-order valence-corrected chi connectivity index (χ0v) is 20.5. The van der Waals surface area contributed by atoms with E-state index in [2.05, 4.69) is 9.05 Å². The monoisotopic (exact) mass is 460 g/mol. The summed E-state index contributed by atoms with van der Waals surface area (Å²) in [5, 5.41) is 7.57. The zero-order valence-electron chi connectivity index (χ0n) is 18.7. The summed E-state index contributed by atoms with van der Waals surface area (Å²) in [4.78, 5) is 0. The summed E-state index contributed by atoms with van der Waals surface area (Å²) in [5.74, 6) is 0. The number of hydrogen-bond donors (Lipinski definition) is 1. The van der Waals surface area contributed by atoms with Crippen LogP contribution in [0.15, 0.2) is 0 Å². The van der Waals surface area contributed by atoms with Crippen LogP contribution in [0, 0.1) is 0 Å². The molecule has 28 heavy (non-hydrogen) atoms. The molecular formula is C16H40F2O8P2. The van der Waals surface area contributed by atoms with Crippen molar-refractivity contribution in [3.05, 3.63) is 0 Å². The third-order valence-corrected chi connectivity index (χ3v) is 4.92. The third-order valence-electron chi connectivity index (χ3n) is 1.64. The molecule has 1 N–H and O–H groups in total. The highest BCUT2D eigenvalue weighted by Crippen LogP contribution is 2.52. The lowest BCUT2D eigenvalue weighted by molar-refractivity contribution is 0.0751. The number of hydrogen-bond acceptors (Lipinski definition) is 8. The summed E-state index contributed by atoms with van der Waals surface area (Å²) in [6.07, 6.45) is -1.19. The van der Waals surface area contributed by atoms with Gasteiger partial charge in [0.1, 0.15) is 0 Å². The summed E-state index contributed by atoms with van der Waals surface area (Å²) < 4.78 is 59.2. The van der Waals surface area contributed by atoms with Gasteiger partial charge < -0.3 is 5.11 Å². The molecule has 0 atom stereocenters. The SMILES string of the molecule is CC(C)OP(=O)(F)OC(C)C.CCO.CCOP(=O)(OC(C)C)OC(C)C.F. The maximum Gasteiger partial charge on any atom is 0.513 e. The predicted molar refractivity (Wildman–Crippen MR) is 108 cm³/mol. The van der Waals surface area contributed by atoms with Crippen molar-refractivity contribution in [3.8, 4) is 0 Å². The molecule has 0 bridgehead atoms. The average molecular weight is 460 g/mol. The summed E-state index contributed by atoms with van der Waals surface area (Å²) in [5.41, 5.74) is 0. The molecule has 0 rings (SSSR count). The fraction of sp³-hybridized carbons (Fsp3) is 1.00. The predicted octanol–water partition coefficient (Wildman–Crippen LogP) is 6.05. The minimum atomic E-state index is -4.30. The van der Waals surface area contributed by atoms with E-state index in [1.54, 1.807) is 69.2 Å². The smallest absolute Gasteiger partial charge is 0.397 e. The van der Waals surface area contributed by atoms with E-state index in [0.717, 1.165) is 0 Å². The Morgan fingerprint density at radius 2 is 1.00 bits per heavy atom. The van der Waals surface area contributed by atoms with Gasteiger partial charge in [-0.05, 0) is 69.2 Å². The van der Waals surface area contributed by atoms with Crippen LogP contribution in [0.2, 0.25) is 0 Å². The van der Waals surface area contributed by atoms with Gasteiger partial charge in [0.2, 0.25) is 0 Å². The Balaban J connectivity index is -0.000000176. The van der Waals surface area contributed by atoms with Gasteiger partial charge in [0, 0.05) is 6.61 Å². The Labute approximate surface area is 169 Å². The van der Waals surface area contributed by atoms with Crippen LogP contribution in [0.5, 0.6) is 0 Å². The van der Waals surface area contributed by atoms with Gasteiger partial charge in [-0.1, -0.05) is 0 Å². The number of rotatable bonds is 10. The molecule has 0 aliphatic rings. The maximum absolute atomic E-state index is 12.7. The van der Waals surface area contributed by atoms with Gasteiger partial charge in [0.25, 0.3) is 0 Å². The van der Waals surface area contributed by atoms with Crippen molar-refractivity contribution in [2.75, 3.05) is 13.2 Å². The van der Waals surface area contributed by atoms with Crippen molar-refractivity contribution >= 4 is 15.7 Å². The number of halogens is 2. The fourth-order valence-electron chi connectivity index (χ4n) is 1.29. The first-order valence-corrected chi connectivity index (χ1v) is 11.9. The molecule has 12 heteroatoms. The van der Waals surface area contributed by atoms with Crippen LogP contribution in [0.4, 0.5) is 8.90 Å². The van der Waals surface area contributed by atoms with E-state index < -0.39 is 27.9 Å². The first kappa shape index (κ1) is 35.5. The van der Waals surface area contributed by atoms with Gasteiger partial charge in [-0.3, -0.25) is 27.3 Å². The second-order valence-corrected chi connectivity index (χ2v) is 9.09. The van der Waals surface area contributed by atoms with Crippen LogP contribution in [-0.2, 0) is 31.7 Å². The molecule has 0 heterocycles. The molecule has 0 spiro atoms. The van der Waals surface area contributed by atoms with Crippen molar-refractivity contribution in [1.29, 1.82) is 0 Å².